The predicted octanol–water partition coefficient (Wildman–Crippen LogP) is 4.29. The molecule has 0 fully saturated rings. The number of rotatable bonds is 2. The molecule has 0 aliphatic rings. The van der Waals surface area contributed by atoms with Crippen LogP contribution in [0.25, 0.3) is 0 Å². The Bertz CT molecular complexity index is 471. The molecule has 2 rings (SSSR count). The summed E-state index contributed by atoms with van der Waals surface area (Å²) in [7, 11) is 0. The molecule has 4 heteroatoms. The van der Waals surface area contributed by atoms with E-state index in [-0.39, 0.29) is 5.78 Å². The van der Waals surface area contributed by atoms with Gasteiger partial charge in [0.1, 0.15) is 0 Å². The molecular formula is C11H6Cl2OS. The third-order valence-electron chi connectivity index (χ3n) is 1.87. The Kier molecular flexibility index (Phi) is 3.10. The lowest BCUT2D eigenvalue weighted by Crippen LogP contribution is -1.98. The molecule has 0 atom stereocenters. The van der Waals surface area contributed by atoms with Crippen LogP contribution >= 0.6 is 34.5 Å². The van der Waals surface area contributed by atoms with E-state index in [2.05, 4.69) is 0 Å². The van der Waals surface area contributed by atoms with Gasteiger partial charge >= 0.3 is 0 Å². The van der Waals surface area contributed by atoms with Crippen molar-refractivity contribution in [2.24, 2.45) is 0 Å². The van der Waals surface area contributed by atoms with Crippen molar-refractivity contribution < 1.29 is 4.79 Å². The van der Waals surface area contributed by atoms with Crippen LogP contribution in [0.1, 0.15) is 15.2 Å². The number of halogens is 2. The first-order valence-electron chi connectivity index (χ1n) is 4.21. The Labute approximate surface area is 101 Å². The Balaban J connectivity index is 2.42. The predicted molar refractivity (Wildman–Crippen MR) is 64.2 cm³/mol. The van der Waals surface area contributed by atoms with Gasteiger partial charge in [-0.3, -0.25) is 4.79 Å². The number of benzene rings is 1. The van der Waals surface area contributed by atoms with Crippen molar-refractivity contribution in [3.8, 4) is 0 Å². The number of hydrogen-bond donors (Lipinski definition) is 0. The van der Waals surface area contributed by atoms with Crippen LogP contribution < -0.4 is 0 Å². The van der Waals surface area contributed by atoms with E-state index in [9.17, 15) is 4.79 Å². The number of hydrogen-bond acceptors (Lipinski definition) is 2. The molecule has 0 saturated carbocycles. The fraction of sp³-hybridized carbons (Fsp3) is 0. The Morgan fingerprint density at radius 2 is 1.80 bits per heavy atom. The van der Waals surface area contributed by atoms with Crippen molar-refractivity contribution >= 4 is 40.3 Å². The lowest BCUT2D eigenvalue weighted by Gasteiger charge is -2.00. The summed E-state index contributed by atoms with van der Waals surface area (Å²) in [6, 6.07) is 8.46. The second-order valence-electron chi connectivity index (χ2n) is 2.96. The van der Waals surface area contributed by atoms with Gasteiger partial charge in [0.15, 0.2) is 0 Å². The summed E-state index contributed by atoms with van der Waals surface area (Å²) in [4.78, 5) is 12.6. The standard InChI is InChI=1S/C11H6Cl2OS/c12-8-4-7(5-9(13)6-8)11(14)10-2-1-3-15-10/h1-6H. The van der Waals surface area contributed by atoms with Crippen LogP contribution in [0.4, 0.5) is 0 Å². The van der Waals surface area contributed by atoms with E-state index >= 15 is 0 Å². The van der Waals surface area contributed by atoms with Crippen LogP contribution in [-0.2, 0) is 0 Å². The summed E-state index contributed by atoms with van der Waals surface area (Å²) in [5.74, 6) is -0.0469. The van der Waals surface area contributed by atoms with Gasteiger partial charge < -0.3 is 0 Å². The quantitative estimate of drug-likeness (QED) is 0.733. The molecule has 15 heavy (non-hydrogen) atoms. The van der Waals surface area contributed by atoms with E-state index in [0.29, 0.717) is 20.5 Å². The molecule has 1 aromatic carbocycles. The zero-order chi connectivity index (χ0) is 10.8. The average Bonchev–Trinajstić information content (AvgIpc) is 2.67. The fourth-order valence-corrected chi connectivity index (χ4v) is 2.45. The van der Waals surface area contributed by atoms with Gasteiger partial charge in [-0.1, -0.05) is 29.3 Å². The molecule has 0 unspecified atom stereocenters. The van der Waals surface area contributed by atoms with Crippen LogP contribution in [-0.4, -0.2) is 5.78 Å². The molecule has 0 radical (unpaired) electrons. The van der Waals surface area contributed by atoms with Gasteiger partial charge in [-0.05, 0) is 29.6 Å². The highest BCUT2D eigenvalue weighted by Crippen LogP contribution is 2.22. The molecule has 1 heterocycles. The van der Waals surface area contributed by atoms with Gasteiger partial charge in [0.25, 0.3) is 0 Å². The molecule has 0 aliphatic heterocycles. The Morgan fingerprint density at radius 3 is 2.33 bits per heavy atom. The first-order valence-corrected chi connectivity index (χ1v) is 5.84. The fourth-order valence-electron chi connectivity index (χ4n) is 1.23. The number of carbonyl (C=O) groups excluding carboxylic acids is 1. The molecule has 1 nitrogen and oxygen atoms in total. The minimum atomic E-state index is -0.0469. The second-order valence-corrected chi connectivity index (χ2v) is 4.79. The van der Waals surface area contributed by atoms with Gasteiger partial charge in [-0.25, -0.2) is 0 Å². The highest BCUT2D eigenvalue weighted by molar-refractivity contribution is 7.12. The molecule has 76 valence electrons. The normalized spacial score (nSPS) is 10.3. The summed E-state index contributed by atoms with van der Waals surface area (Å²) in [6.07, 6.45) is 0. The lowest BCUT2D eigenvalue weighted by atomic mass is 10.1. The van der Waals surface area contributed by atoms with Crippen molar-refractivity contribution in [1.82, 2.24) is 0 Å². The third-order valence-corrected chi connectivity index (χ3v) is 3.17. The van der Waals surface area contributed by atoms with Gasteiger partial charge in [-0.15, -0.1) is 11.3 Å². The SMILES string of the molecule is O=C(c1cc(Cl)cc(Cl)c1)c1cccs1. The van der Waals surface area contributed by atoms with Gasteiger partial charge in [0.2, 0.25) is 5.78 Å². The summed E-state index contributed by atoms with van der Waals surface area (Å²) in [5.41, 5.74) is 0.523. The van der Waals surface area contributed by atoms with Crippen molar-refractivity contribution in [2.75, 3.05) is 0 Å². The van der Waals surface area contributed by atoms with Gasteiger partial charge in [0, 0.05) is 15.6 Å². The summed E-state index contributed by atoms with van der Waals surface area (Å²) < 4.78 is 0. The van der Waals surface area contributed by atoms with Crippen molar-refractivity contribution in [1.29, 1.82) is 0 Å². The zero-order valence-electron chi connectivity index (χ0n) is 7.54. The summed E-state index contributed by atoms with van der Waals surface area (Å²) >= 11 is 13.0. The monoisotopic (exact) mass is 256 g/mol. The summed E-state index contributed by atoms with van der Waals surface area (Å²) in [6.45, 7) is 0. The molecule has 1 aromatic heterocycles. The van der Waals surface area contributed by atoms with Crippen molar-refractivity contribution in [2.45, 2.75) is 0 Å². The summed E-state index contributed by atoms with van der Waals surface area (Å²) in [5, 5.41) is 2.81. The van der Waals surface area contributed by atoms with Crippen LogP contribution in [0.5, 0.6) is 0 Å². The Hall–Kier alpha value is -0.830. The van der Waals surface area contributed by atoms with E-state index in [0.717, 1.165) is 0 Å². The van der Waals surface area contributed by atoms with Crippen molar-refractivity contribution in [3.63, 3.8) is 0 Å². The van der Waals surface area contributed by atoms with Crippen LogP contribution in [0.3, 0.4) is 0 Å². The van der Waals surface area contributed by atoms with E-state index < -0.39 is 0 Å². The highest BCUT2D eigenvalue weighted by atomic mass is 35.5. The molecule has 0 saturated heterocycles. The van der Waals surface area contributed by atoms with Gasteiger partial charge in [-0.2, -0.15) is 0 Å². The first kappa shape index (κ1) is 10.7. The minimum absolute atomic E-state index is 0.0469. The van der Waals surface area contributed by atoms with Crippen molar-refractivity contribution in [3.05, 3.63) is 56.2 Å². The van der Waals surface area contributed by atoms with E-state index in [4.69, 9.17) is 23.2 Å². The maximum absolute atomic E-state index is 11.9. The number of carbonyl (C=O) groups is 1. The zero-order valence-corrected chi connectivity index (χ0v) is 9.86. The Morgan fingerprint density at radius 1 is 1.13 bits per heavy atom. The van der Waals surface area contributed by atoms with E-state index in [1.54, 1.807) is 24.3 Å². The molecular weight excluding hydrogens is 251 g/mol. The maximum Gasteiger partial charge on any atom is 0.203 e. The molecule has 0 aliphatic carbocycles. The average molecular weight is 257 g/mol. The topological polar surface area (TPSA) is 17.1 Å². The highest BCUT2D eigenvalue weighted by Gasteiger charge is 2.11. The lowest BCUT2D eigenvalue weighted by molar-refractivity contribution is 0.104. The molecule has 0 N–H and O–H groups in total. The second kappa shape index (κ2) is 4.35. The minimum Gasteiger partial charge on any atom is -0.288 e. The molecule has 0 spiro atoms. The molecule has 0 bridgehead atoms. The number of ketones is 1. The number of thiophene rings is 1. The molecule has 2 aromatic rings. The maximum atomic E-state index is 11.9. The van der Waals surface area contributed by atoms with Crippen LogP contribution in [0, 0.1) is 0 Å². The first-order chi connectivity index (χ1) is 7.16. The smallest absolute Gasteiger partial charge is 0.203 e. The van der Waals surface area contributed by atoms with E-state index in [1.807, 2.05) is 11.4 Å². The third kappa shape index (κ3) is 2.40. The largest absolute Gasteiger partial charge is 0.288 e. The molecule has 0 amide bonds. The van der Waals surface area contributed by atoms with Crippen LogP contribution in [0.2, 0.25) is 10.0 Å². The van der Waals surface area contributed by atoms with E-state index in [1.165, 1.54) is 11.3 Å². The van der Waals surface area contributed by atoms with Gasteiger partial charge in [0.05, 0.1) is 4.88 Å². The van der Waals surface area contributed by atoms with Crippen LogP contribution in [0.15, 0.2) is 35.7 Å².